The lowest BCUT2D eigenvalue weighted by Gasteiger charge is -2.32. The van der Waals surface area contributed by atoms with E-state index in [0.717, 1.165) is 41.7 Å². The van der Waals surface area contributed by atoms with Crippen molar-refractivity contribution in [1.82, 2.24) is 19.7 Å². The molecular weight excluding hydrogens is 399 g/mol. The molecule has 30 heavy (non-hydrogen) atoms. The number of rotatable bonds is 6. The minimum atomic E-state index is -0.285. The summed E-state index contributed by atoms with van der Waals surface area (Å²) < 4.78 is 15.2. The first-order valence-electron chi connectivity index (χ1n) is 10.2. The zero-order valence-electron chi connectivity index (χ0n) is 17.0. The predicted molar refractivity (Wildman–Crippen MR) is 116 cm³/mol. The van der Waals surface area contributed by atoms with Crippen molar-refractivity contribution in [1.29, 1.82) is 0 Å². The molecule has 0 aliphatic carbocycles. The van der Waals surface area contributed by atoms with Gasteiger partial charge >= 0.3 is 0 Å². The van der Waals surface area contributed by atoms with Crippen LogP contribution < -0.4 is 0 Å². The highest BCUT2D eigenvalue weighted by molar-refractivity contribution is 7.98. The summed E-state index contributed by atoms with van der Waals surface area (Å²) in [6, 6.07) is 16.5. The quantitative estimate of drug-likeness (QED) is 0.557. The Morgan fingerprint density at radius 2 is 1.87 bits per heavy atom. The van der Waals surface area contributed by atoms with E-state index in [-0.39, 0.29) is 17.6 Å². The summed E-state index contributed by atoms with van der Waals surface area (Å²) in [5.41, 5.74) is 2.09. The van der Waals surface area contributed by atoms with Crippen LogP contribution in [0.3, 0.4) is 0 Å². The molecule has 1 amide bonds. The van der Waals surface area contributed by atoms with Gasteiger partial charge in [-0.3, -0.25) is 4.79 Å². The molecule has 2 heterocycles. The number of thioether (sulfide) groups is 1. The van der Waals surface area contributed by atoms with Crippen LogP contribution in [0.4, 0.5) is 4.39 Å². The van der Waals surface area contributed by atoms with Gasteiger partial charge < -0.3 is 9.47 Å². The predicted octanol–water partition coefficient (Wildman–Crippen LogP) is 4.20. The number of hydrogen-bond acceptors (Lipinski definition) is 4. The van der Waals surface area contributed by atoms with Crippen molar-refractivity contribution in [2.75, 3.05) is 13.1 Å². The molecule has 156 valence electrons. The van der Waals surface area contributed by atoms with Crippen molar-refractivity contribution in [3.05, 3.63) is 77.4 Å². The molecule has 1 aliphatic heterocycles. The Hall–Kier alpha value is -2.67. The highest BCUT2D eigenvalue weighted by Crippen LogP contribution is 2.29. The molecule has 5 nitrogen and oxygen atoms in total. The second-order valence-corrected chi connectivity index (χ2v) is 8.60. The summed E-state index contributed by atoms with van der Waals surface area (Å²) in [5, 5.41) is 9.73. The van der Waals surface area contributed by atoms with Crippen LogP contribution in [-0.2, 0) is 24.0 Å². The van der Waals surface area contributed by atoms with Gasteiger partial charge in [0.25, 0.3) is 0 Å². The zero-order chi connectivity index (χ0) is 20.9. The molecule has 0 saturated carbocycles. The van der Waals surface area contributed by atoms with Gasteiger partial charge in [0.1, 0.15) is 11.6 Å². The topological polar surface area (TPSA) is 51.0 Å². The zero-order valence-corrected chi connectivity index (χ0v) is 17.8. The van der Waals surface area contributed by atoms with Crippen LogP contribution >= 0.6 is 11.8 Å². The lowest BCUT2D eigenvalue weighted by atomic mass is 9.96. The first-order valence-corrected chi connectivity index (χ1v) is 11.2. The Labute approximate surface area is 180 Å². The van der Waals surface area contributed by atoms with Gasteiger partial charge in [0.05, 0.1) is 6.42 Å². The van der Waals surface area contributed by atoms with E-state index in [1.807, 2.05) is 30.1 Å². The Balaban J connectivity index is 1.38. The molecule has 0 unspecified atom stereocenters. The summed E-state index contributed by atoms with van der Waals surface area (Å²) in [6.07, 6.45) is 2.23. The van der Waals surface area contributed by atoms with Crippen molar-refractivity contribution < 1.29 is 9.18 Å². The Morgan fingerprint density at radius 3 is 2.63 bits per heavy atom. The van der Waals surface area contributed by atoms with Gasteiger partial charge in [-0.15, -0.1) is 10.2 Å². The van der Waals surface area contributed by atoms with Crippen molar-refractivity contribution in [3.63, 3.8) is 0 Å². The number of likely N-dealkylation sites (tertiary alicyclic amines) is 1. The van der Waals surface area contributed by atoms with Crippen LogP contribution in [0.2, 0.25) is 0 Å². The van der Waals surface area contributed by atoms with E-state index in [2.05, 4.69) is 26.9 Å². The standard InChI is InChI=1S/C23H25FN4OS/c1-27-22(25-26-23(27)30-16-18-6-3-2-4-7-18)19-8-5-13-28(15-19)21(29)14-17-9-11-20(24)12-10-17/h2-4,6-7,9-12,19H,5,8,13-16H2,1H3/t19-/m1/s1. The number of carbonyl (C=O) groups excluding carboxylic acids is 1. The summed E-state index contributed by atoms with van der Waals surface area (Å²) >= 11 is 1.67. The molecule has 0 bridgehead atoms. The summed E-state index contributed by atoms with van der Waals surface area (Å²) in [6.45, 7) is 1.40. The van der Waals surface area contributed by atoms with E-state index < -0.39 is 0 Å². The second kappa shape index (κ2) is 9.43. The molecule has 1 fully saturated rings. The monoisotopic (exact) mass is 424 g/mol. The number of nitrogens with zero attached hydrogens (tertiary/aromatic N) is 4. The molecule has 1 aromatic heterocycles. The fourth-order valence-corrected chi connectivity index (χ4v) is 4.71. The Bertz CT molecular complexity index is 990. The molecule has 1 aliphatic rings. The van der Waals surface area contributed by atoms with Crippen molar-refractivity contribution in [3.8, 4) is 0 Å². The number of amides is 1. The molecule has 7 heteroatoms. The number of carbonyl (C=O) groups is 1. The first kappa shape index (κ1) is 20.6. The van der Waals surface area contributed by atoms with Gasteiger partial charge in [0.15, 0.2) is 5.16 Å². The Morgan fingerprint density at radius 1 is 1.10 bits per heavy atom. The number of hydrogen-bond donors (Lipinski definition) is 0. The van der Waals surface area contributed by atoms with Gasteiger partial charge in [-0.1, -0.05) is 54.2 Å². The SMILES string of the molecule is Cn1c(SCc2ccccc2)nnc1[C@@H]1CCCN(C(=O)Cc2ccc(F)cc2)C1. The second-order valence-electron chi connectivity index (χ2n) is 7.66. The van der Waals surface area contributed by atoms with Crippen molar-refractivity contribution in [2.24, 2.45) is 7.05 Å². The number of aromatic nitrogens is 3. The summed E-state index contributed by atoms with van der Waals surface area (Å²) in [7, 11) is 2.00. The van der Waals surface area contributed by atoms with E-state index in [9.17, 15) is 9.18 Å². The molecule has 0 radical (unpaired) electrons. The smallest absolute Gasteiger partial charge is 0.227 e. The third-order valence-electron chi connectivity index (χ3n) is 5.49. The Kier molecular flexibility index (Phi) is 6.47. The van der Waals surface area contributed by atoms with Gasteiger partial charge in [-0.05, 0) is 36.1 Å². The van der Waals surface area contributed by atoms with E-state index in [1.165, 1.54) is 17.7 Å². The molecule has 1 atom stereocenters. The average molecular weight is 425 g/mol. The molecule has 0 spiro atoms. The number of benzene rings is 2. The van der Waals surface area contributed by atoms with Crippen LogP contribution in [0.5, 0.6) is 0 Å². The van der Waals surface area contributed by atoms with Gasteiger partial charge in [-0.25, -0.2) is 4.39 Å². The number of halogens is 1. The first-order chi connectivity index (χ1) is 14.6. The normalized spacial score (nSPS) is 16.6. The van der Waals surface area contributed by atoms with E-state index >= 15 is 0 Å². The van der Waals surface area contributed by atoms with Crippen molar-refractivity contribution >= 4 is 17.7 Å². The van der Waals surface area contributed by atoms with E-state index in [0.29, 0.717) is 13.0 Å². The van der Waals surface area contributed by atoms with Crippen LogP contribution in [0.15, 0.2) is 59.8 Å². The summed E-state index contributed by atoms with van der Waals surface area (Å²) in [5.74, 6) is 1.75. The summed E-state index contributed by atoms with van der Waals surface area (Å²) in [4.78, 5) is 14.7. The van der Waals surface area contributed by atoms with Gasteiger partial charge in [-0.2, -0.15) is 0 Å². The number of piperidine rings is 1. The van der Waals surface area contributed by atoms with Crippen LogP contribution in [0.1, 0.15) is 35.7 Å². The molecule has 4 rings (SSSR count). The fraction of sp³-hybridized carbons (Fsp3) is 0.348. The van der Waals surface area contributed by atoms with Crippen LogP contribution in [-0.4, -0.2) is 38.7 Å². The minimum absolute atomic E-state index is 0.0761. The lowest BCUT2D eigenvalue weighted by molar-refractivity contribution is -0.131. The third-order valence-corrected chi connectivity index (χ3v) is 6.58. The molecule has 3 aromatic rings. The average Bonchev–Trinajstić information content (AvgIpc) is 3.15. The van der Waals surface area contributed by atoms with Crippen molar-refractivity contribution in [2.45, 2.75) is 36.1 Å². The van der Waals surface area contributed by atoms with Gasteiger partial charge in [0, 0.05) is 31.8 Å². The third kappa shape index (κ3) is 4.90. The molecule has 2 aromatic carbocycles. The maximum atomic E-state index is 13.1. The van der Waals surface area contributed by atoms with Gasteiger partial charge in [0.2, 0.25) is 5.91 Å². The highest BCUT2D eigenvalue weighted by Gasteiger charge is 2.28. The molecule has 0 N–H and O–H groups in total. The molecular formula is C23H25FN4OS. The van der Waals surface area contributed by atoms with Crippen LogP contribution in [0.25, 0.3) is 0 Å². The fourth-order valence-electron chi connectivity index (χ4n) is 3.83. The van der Waals surface area contributed by atoms with Crippen LogP contribution in [0, 0.1) is 5.82 Å². The lowest BCUT2D eigenvalue weighted by Crippen LogP contribution is -2.40. The maximum Gasteiger partial charge on any atom is 0.227 e. The molecule has 1 saturated heterocycles. The highest BCUT2D eigenvalue weighted by atomic mass is 32.2. The van der Waals surface area contributed by atoms with E-state index in [1.54, 1.807) is 23.9 Å². The van der Waals surface area contributed by atoms with E-state index in [4.69, 9.17) is 0 Å². The minimum Gasteiger partial charge on any atom is -0.342 e. The largest absolute Gasteiger partial charge is 0.342 e. The maximum absolute atomic E-state index is 13.1.